The van der Waals surface area contributed by atoms with Crippen LogP contribution >= 0.6 is 11.8 Å². The number of nitrogens with zero attached hydrogens (tertiary/aromatic N) is 1. The van der Waals surface area contributed by atoms with E-state index in [2.05, 4.69) is 5.32 Å². The summed E-state index contributed by atoms with van der Waals surface area (Å²) in [5.41, 5.74) is 2.01. The maximum atomic E-state index is 13.0. The van der Waals surface area contributed by atoms with E-state index < -0.39 is 6.04 Å². The maximum absolute atomic E-state index is 13.0. The van der Waals surface area contributed by atoms with Crippen molar-refractivity contribution in [3.8, 4) is 0 Å². The SMILES string of the molecule is O=C(NCCc1ccccc1)C1CSC(c2ccoc2)N1C(=O)c1ccco1. The number of thioether (sulfide) groups is 1. The van der Waals surface area contributed by atoms with Crippen molar-refractivity contribution in [1.82, 2.24) is 10.2 Å². The summed E-state index contributed by atoms with van der Waals surface area (Å²) in [4.78, 5) is 27.5. The molecule has 2 atom stereocenters. The molecule has 0 spiro atoms. The third-order valence-electron chi connectivity index (χ3n) is 4.65. The second-order valence-electron chi connectivity index (χ2n) is 6.47. The van der Waals surface area contributed by atoms with E-state index in [1.165, 1.54) is 6.26 Å². The molecule has 1 fully saturated rings. The van der Waals surface area contributed by atoms with Crippen molar-refractivity contribution in [2.75, 3.05) is 12.3 Å². The first kappa shape index (κ1) is 18.4. The quantitative estimate of drug-likeness (QED) is 0.690. The van der Waals surface area contributed by atoms with Crippen molar-refractivity contribution in [3.05, 3.63) is 84.2 Å². The fourth-order valence-corrected chi connectivity index (χ4v) is 4.66. The number of carbonyl (C=O) groups excluding carboxylic acids is 2. The third-order valence-corrected chi connectivity index (χ3v) is 5.98. The fourth-order valence-electron chi connectivity index (χ4n) is 3.25. The minimum absolute atomic E-state index is 0.158. The smallest absolute Gasteiger partial charge is 0.291 e. The van der Waals surface area contributed by atoms with Crippen LogP contribution in [-0.2, 0) is 11.2 Å². The summed E-state index contributed by atoms with van der Waals surface area (Å²) >= 11 is 1.54. The van der Waals surface area contributed by atoms with Crippen molar-refractivity contribution < 1.29 is 18.4 Å². The number of hydrogen-bond acceptors (Lipinski definition) is 5. The summed E-state index contributed by atoms with van der Waals surface area (Å²) in [6.07, 6.45) is 5.37. The molecule has 7 heteroatoms. The highest BCUT2D eigenvalue weighted by Gasteiger charge is 2.43. The Labute approximate surface area is 166 Å². The van der Waals surface area contributed by atoms with E-state index in [9.17, 15) is 9.59 Å². The zero-order valence-electron chi connectivity index (χ0n) is 15.1. The lowest BCUT2D eigenvalue weighted by molar-refractivity contribution is -0.124. The molecule has 2 unspecified atom stereocenters. The zero-order valence-corrected chi connectivity index (χ0v) is 15.9. The average molecular weight is 396 g/mol. The van der Waals surface area contributed by atoms with Gasteiger partial charge in [-0.3, -0.25) is 9.59 Å². The minimum atomic E-state index is -0.571. The predicted octanol–water partition coefficient (Wildman–Crippen LogP) is 3.49. The molecule has 3 heterocycles. The van der Waals surface area contributed by atoms with Crippen molar-refractivity contribution in [1.29, 1.82) is 0 Å². The molecule has 1 N–H and O–H groups in total. The normalized spacial score (nSPS) is 18.9. The maximum Gasteiger partial charge on any atom is 0.291 e. The Morgan fingerprint density at radius 2 is 1.96 bits per heavy atom. The van der Waals surface area contributed by atoms with Gasteiger partial charge in [-0.2, -0.15) is 0 Å². The molecule has 1 aliphatic rings. The number of amides is 2. The van der Waals surface area contributed by atoms with Crippen molar-refractivity contribution in [3.63, 3.8) is 0 Å². The largest absolute Gasteiger partial charge is 0.472 e. The topological polar surface area (TPSA) is 75.7 Å². The first-order valence-electron chi connectivity index (χ1n) is 9.05. The van der Waals surface area contributed by atoms with E-state index in [1.54, 1.807) is 41.3 Å². The van der Waals surface area contributed by atoms with E-state index in [-0.39, 0.29) is 22.9 Å². The molecule has 2 aromatic heterocycles. The predicted molar refractivity (Wildman–Crippen MR) is 106 cm³/mol. The summed E-state index contributed by atoms with van der Waals surface area (Å²) in [5.74, 6) is 0.274. The Balaban J connectivity index is 1.48. The molecular weight excluding hydrogens is 376 g/mol. The van der Waals surface area contributed by atoms with Crippen LogP contribution in [0.3, 0.4) is 0 Å². The van der Waals surface area contributed by atoms with Gasteiger partial charge in [0.05, 0.1) is 18.8 Å². The van der Waals surface area contributed by atoms with Crippen LogP contribution in [0.15, 0.2) is 76.2 Å². The highest BCUT2D eigenvalue weighted by Crippen LogP contribution is 2.42. The van der Waals surface area contributed by atoms with Crippen LogP contribution in [0, 0.1) is 0 Å². The number of hydrogen-bond donors (Lipinski definition) is 1. The second-order valence-corrected chi connectivity index (χ2v) is 7.59. The van der Waals surface area contributed by atoms with Crippen molar-refractivity contribution >= 4 is 23.6 Å². The molecule has 0 radical (unpaired) electrons. The molecule has 1 saturated heterocycles. The van der Waals surface area contributed by atoms with Crippen LogP contribution in [0.2, 0.25) is 0 Å². The molecule has 4 rings (SSSR count). The van der Waals surface area contributed by atoms with Gasteiger partial charge < -0.3 is 19.1 Å². The highest BCUT2D eigenvalue weighted by atomic mass is 32.2. The van der Waals surface area contributed by atoms with Crippen LogP contribution in [0.25, 0.3) is 0 Å². The van der Waals surface area contributed by atoms with Crippen molar-refractivity contribution in [2.45, 2.75) is 17.8 Å². The third kappa shape index (κ3) is 3.84. The highest BCUT2D eigenvalue weighted by molar-refractivity contribution is 7.99. The Kier molecular flexibility index (Phi) is 5.53. The van der Waals surface area contributed by atoms with Gasteiger partial charge in [0.1, 0.15) is 11.4 Å². The lowest BCUT2D eigenvalue weighted by atomic mass is 10.1. The van der Waals surface area contributed by atoms with Gasteiger partial charge in [0, 0.05) is 17.9 Å². The van der Waals surface area contributed by atoms with Crippen LogP contribution < -0.4 is 5.32 Å². The van der Waals surface area contributed by atoms with E-state index in [1.807, 2.05) is 36.4 Å². The van der Waals surface area contributed by atoms with E-state index >= 15 is 0 Å². The van der Waals surface area contributed by atoms with E-state index in [0.717, 1.165) is 17.5 Å². The summed E-state index contributed by atoms with van der Waals surface area (Å²) in [5, 5.41) is 2.68. The molecule has 6 nitrogen and oxygen atoms in total. The monoisotopic (exact) mass is 396 g/mol. The Morgan fingerprint density at radius 3 is 2.68 bits per heavy atom. The number of carbonyl (C=O) groups is 2. The minimum Gasteiger partial charge on any atom is -0.472 e. The second kappa shape index (κ2) is 8.39. The van der Waals surface area contributed by atoms with Crippen molar-refractivity contribution in [2.24, 2.45) is 0 Å². The summed E-state index contributed by atoms with van der Waals surface area (Å²) < 4.78 is 10.5. The summed E-state index contributed by atoms with van der Waals surface area (Å²) in [6.45, 7) is 0.517. The van der Waals surface area contributed by atoms with Gasteiger partial charge in [0.25, 0.3) is 5.91 Å². The van der Waals surface area contributed by atoms with Crippen LogP contribution in [0.1, 0.15) is 27.1 Å². The number of furan rings is 2. The molecule has 0 aliphatic carbocycles. The molecule has 28 heavy (non-hydrogen) atoms. The molecule has 1 aromatic carbocycles. The van der Waals surface area contributed by atoms with Gasteiger partial charge in [-0.1, -0.05) is 30.3 Å². The Hall–Kier alpha value is -2.93. The number of benzene rings is 1. The molecule has 1 aliphatic heterocycles. The Morgan fingerprint density at radius 1 is 1.11 bits per heavy atom. The first-order chi connectivity index (χ1) is 13.7. The standard InChI is InChI=1S/C21H20N2O4S/c24-19(22-10-8-15-5-2-1-3-6-15)17-14-28-21(16-9-12-26-13-16)23(17)20(25)18-7-4-11-27-18/h1-7,9,11-13,17,21H,8,10,14H2,(H,22,24). The van der Waals surface area contributed by atoms with E-state index in [4.69, 9.17) is 8.83 Å². The summed E-state index contributed by atoms with van der Waals surface area (Å²) in [7, 11) is 0. The van der Waals surface area contributed by atoms with Gasteiger partial charge in [-0.05, 0) is 30.2 Å². The lowest BCUT2D eigenvalue weighted by Crippen LogP contribution is -2.48. The molecule has 3 aromatic rings. The molecule has 0 saturated carbocycles. The molecule has 144 valence electrons. The molecule has 0 bridgehead atoms. The first-order valence-corrected chi connectivity index (χ1v) is 10.1. The fraction of sp³-hybridized carbons (Fsp3) is 0.238. The van der Waals surface area contributed by atoms with Gasteiger partial charge in [0.15, 0.2) is 5.76 Å². The van der Waals surface area contributed by atoms with Crippen LogP contribution in [0.5, 0.6) is 0 Å². The number of nitrogens with one attached hydrogen (secondary N) is 1. The van der Waals surface area contributed by atoms with Gasteiger partial charge >= 0.3 is 0 Å². The van der Waals surface area contributed by atoms with Gasteiger partial charge in [-0.15, -0.1) is 11.8 Å². The van der Waals surface area contributed by atoms with Crippen LogP contribution in [0.4, 0.5) is 0 Å². The van der Waals surface area contributed by atoms with Gasteiger partial charge in [0.2, 0.25) is 5.91 Å². The summed E-state index contributed by atoms with van der Waals surface area (Å²) in [6, 6.07) is 14.5. The molecular formula is C21H20N2O4S. The lowest BCUT2D eigenvalue weighted by Gasteiger charge is -2.27. The molecule has 2 amide bonds. The van der Waals surface area contributed by atoms with Crippen LogP contribution in [-0.4, -0.2) is 35.1 Å². The number of rotatable bonds is 6. The van der Waals surface area contributed by atoms with E-state index in [0.29, 0.717) is 12.3 Å². The van der Waals surface area contributed by atoms with Gasteiger partial charge in [-0.25, -0.2) is 0 Å². The zero-order chi connectivity index (χ0) is 19.3. The average Bonchev–Trinajstić information content (AvgIpc) is 3.49. The Bertz CT molecular complexity index is 909.